The maximum atomic E-state index is 14.7. The van der Waals surface area contributed by atoms with Gasteiger partial charge in [0.05, 0.1) is 12.1 Å². The van der Waals surface area contributed by atoms with Crippen molar-refractivity contribution in [2.45, 2.75) is 141 Å². The summed E-state index contributed by atoms with van der Waals surface area (Å²) in [7, 11) is 0. The molecule has 16 nitrogen and oxygen atoms in total. The molecular weight excluding hydrogens is 747 g/mol. The highest BCUT2D eigenvalue weighted by atomic mass is 16.5. The number of fused-ring (bicyclic) bond motifs is 3. The summed E-state index contributed by atoms with van der Waals surface area (Å²) in [6.07, 6.45) is 1.55. The number of esters is 1. The van der Waals surface area contributed by atoms with E-state index in [0.29, 0.717) is 56.5 Å². The van der Waals surface area contributed by atoms with E-state index in [0.717, 1.165) is 5.56 Å². The van der Waals surface area contributed by atoms with Gasteiger partial charge >= 0.3 is 5.97 Å². The maximum absolute atomic E-state index is 14.7. The fourth-order valence-electron chi connectivity index (χ4n) is 8.44. The Morgan fingerprint density at radius 2 is 1.57 bits per heavy atom. The normalized spacial score (nSPS) is 27.9. The summed E-state index contributed by atoms with van der Waals surface area (Å²) in [5.74, 6) is -3.39. The van der Waals surface area contributed by atoms with Crippen LogP contribution in [0.25, 0.3) is 0 Å². The predicted molar refractivity (Wildman–Crippen MR) is 209 cm³/mol. The third-order valence-electron chi connectivity index (χ3n) is 11.6. The van der Waals surface area contributed by atoms with E-state index in [-0.39, 0.29) is 37.3 Å². The summed E-state index contributed by atoms with van der Waals surface area (Å²) in [6, 6.07) is 4.39. The fourth-order valence-corrected chi connectivity index (χ4v) is 8.44. The molecule has 0 radical (unpaired) electrons. The van der Waals surface area contributed by atoms with Gasteiger partial charge in [-0.1, -0.05) is 63.2 Å². The van der Waals surface area contributed by atoms with E-state index in [1.807, 2.05) is 58.0 Å². The van der Waals surface area contributed by atoms with E-state index < -0.39 is 83.8 Å². The van der Waals surface area contributed by atoms with Gasteiger partial charge in [0.25, 0.3) is 0 Å². The van der Waals surface area contributed by atoms with Crippen LogP contribution in [0.4, 0.5) is 0 Å². The zero-order valence-corrected chi connectivity index (χ0v) is 34.3. The highest BCUT2D eigenvalue weighted by molar-refractivity contribution is 5.98. The van der Waals surface area contributed by atoms with Crippen LogP contribution in [0.3, 0.4) is 0 Å². The Bertz CT molecular complexity index is 1880. The van der Waals surface area contributed by atoms with Crippen LogP contribution in [0.5, 0.6) is 0 Å². The van der Waals surface area contributed by atoms with Gasteiger partial charge in [0.1, 0.15) is 48.1 Å². The zero-order valence-electron chi connectivity index (χ0n) is 34.3. The smallest absolute Gasteiger partial charge is 0.329 e. The number of benzene rings is 1. The first-order chi connectivity index (χ1) is 27.5. The largest absolute Gasteiger partial charge is 0.458 e. The number of rotatable bonds is 7. The molecule has 3 N–H and O–H groups in total. The molecule has 2 aromatic rings. The lowest BCUT2D eigenvalue weighted by Gasteiger charge is -2.39. The van der Waals surface area contributed by atoms with Crippen LogP contribution >= 0.6 is 0 Å². The van der Waals surface area contributed by atoms with Crippen LogP contribution in [0.2, 0.25) is 0 Å². The molecule has 16 heteroatoms. The Balaban J connectivity index is 1.31. The number of piperidine rings is 1. The molecule has 4 aliphatic rings. The SMILES string of the molecule is C[C@@H]1C[C@H]2C(=O)O[C@@H](C)[C@H](NC(=O)[C@H](Cc3ccccc3)NC(=O)Cc3cc(C(C)(C)C)on3)C(=O)N3CCC[C@H]3C(=O)N3CCCC[C@H]3C(=O)N[C@@H](C)C(=O)N2C1. The fraction of sp³-hybridized carbons (Fsp3) is 0.619. The third-order valence-corrected chi connectivity index (χ3v) is 11.6. The van der Waals surface area contributed by atoms with Crippen molar-refractivity contribution < 1.29 is 42.8 Å². The van der Waals surface area contributed by atoms with Gasteiger partial charge in [-0.15, -0.1) is 0 Å². The topological polar surface area (TPSA) is 201 Å². The molecule has 0 aliphatic carbocycles. The first-order valence-electron chi connectivity index (χ1n) is 20.5. The molecule has 4 fully saturated rings. The van der Waals surface area contributed by atoms with Crippen molar-refractivity contribution in [3.63, 3.8) is 0 Å². The molecule has 1 aromatic carbocycles. The molecule has 58 heavy (non-hydrogen) atoms. The van der Waals surface area contributed by atoms with Gasteiger partial charge in [-0.05, 0) is 63.9 Å². The van der Waals surface area contributed by atoms with Crippen molar-refractivity contribution in [2.75, 3.05) is 19.6 Å². The highest BCUT2D eigenvalue weighted by Crippen LogP contribution is 2.29. The first-order valence-corrected chi connectivity index (χ1v) is 20.5. The third kappa shape index (κ3) is 9.53. The average Bonchev–Trinajstić information content (AvgIpc) is 3.96. The highest BCUT2D eigenvalue weighted by Gasteiger charge is 2.47. The lowest BCUT2D eigenvalue weighted by atomic mass is 9.93. The molecule has 4 aliphatic heterocycles. The number of hydrogen-bond donors (Lipinski definition) is 3. The van der Waals surface area contributed by atoms with Crippen molar-refractivity contribution in [1.29, 1.82) is 0 Å². The number of cyclic esters (lactones) is 1. The molecule has 4 saturated heterocycles. The number of amides is 6. The standard InChI is InChI=1S/C42H57N7O9/c1-24-19-32-41(56)57-26(3)35(45-36(51)29(20-27-13-8-7-9-14-27)44-34(50)22-28-21-33(58-46-28)42(4,5)6)40(55)48-18-12-16-31(48)39(54)47-17-11-10-15-30(47)37(52)43-25(2)38(53)49(32)23-24/h7-9,13-14,21,24-26,29-32,35H,10-12,15-20,22-23H2,1-6H3,(H,43,52)(H,44,50)(H,45,51)/t24-,25+,26+,29+,30+,31+,32+,35+/m1/s1. The quantitative estimate of drug-likeness (QED) is 0.347. The van der Waals surface area contributed by atoms with Gasteiger partial charge in [0, 0.05) is 37.5 Å². The Hall–Kier alpha value is -5.28. The number of nitrogens with one attached hydrogen (secondary N) is 3. The molecule has 0 saturated carbocycles. The Labute approximate surface area is 339 Å². The summed E-state index contributed by atoms with van der Waals surface area (Å²) in [6.45, 7) is 11.6. The zero-order chi connectivity index (χ0) is 41.9. The number of aromatic nitrogens is 1. The van der Waals surface area contributed by atoms with E-state index in [4.69, 9.17) is 9.26 Å². The predicted octanol–water partition coefficient (Wildman–Crippen LogP) is 1.79. The van der Waals surface area contributed by atoms with Crippen LogP contribution in [0, 0.1) is 5.92 Å². The van der Waals surface area contributed by atoms with Crippen molar-refractivity contribution in [1.82, 2.24) is 35.8 Å². The van der Waals surface area contributed by atoms with Crippen molar-refractivity contribution >= 4 is 41.4 Å². The van der Waals surface area contributed by atoms with Gasteiger partial charge in [-0.25, -0.2) is 4.79 Å². The maximum Gasteiger partial charge on any atom is 0.329 e. The molecule has 314 valence electrons. The first kappa shape index (κ1) is 42.3. The number of hydrogen-bond acceptors (Lipinski definition) is 10. The summed E-state index contributed by atoms with van der Waals surface area (Å²) < 4.78 is 11.4. The minimum Gasteiger partial charge on any atom is -0.458 e. The lowest BCUT2D eigenvalue weighted by Crippen LogP contribution is -2.63. The summed E-state index contributed by atoms with van der Waals surface area (Å²) in [5.41, 5.74) is 0.790. The van der Waals surface area contributed by atoms with E-state index in [9.17, 15) is 33.6 Å². The van der Waals surface area contributed by atoms with Crippen LogP contribution in [-0.2, 0) is 56.6 Å². The molecule has 0 spiro atoms. The molecular formula is C42H57N7O9. The van der Waals surface area contributed by atoms with Crippen LogP contribution in [0.15, 0.2) is 40.9 Å². The van der Waals surface area contributed by atoms with Crippen LogP contribution in [0.1, 0.15) is 97.1 Å². The minimum absolute atomic E-state index is 0.0598. The van der Waals surface area contributed by atoms with E-state index in [1.165, 1.54) is 21.6 Å². The number of nitrogens with zero attached hydrogens (tertiary/aromatic N) is 4. The van der Waals surface area contributed by atoms with Gasteiger partial charge in [-0.2, -0.15) is 0 Å². The van der Waals surface area contributed by atoms with E-state index in [1.54, 1.807) is 13.0 Å². The second kappa shape index (κ2) is 17.7. The Kier molecular flexibility index (Phi) is 12.9. The number of ether oxygens (including phenoxy) is 1. The van der Waals surface area contributed by atoms with Gasteiger partial charge < -0.3 is 39.9 Å². The number of carbonyl (C=O) groups excluding carboxylic acids is 7. The average molecular weight is 804 g/mol. The lowest BCUT2D eigenvalue weighted by molar-refractivity contribution is -0.163. The molecule has 0 bridgehead atoms. The minimum atomic E-state index is -1.47. The molecule has 6 amide bonds. The summed E-state index contributed by atoms with van der Waals surface area (Å²) in [5, 5.41) is 12.5. The number of carbonyl (C=O) groups is 7. The molecule has 8 atom stereocenters. The second-order valence-corrected chi connectivity index (χ2v) is 17.4. The molecule has 1 aromatic heterocycles. The molecule has 0 unspecified atom stereocenters. The second-order valence-electron chi connectivity index (χ2n) is 17.4. The van der Waals surface area contributed by atoms with Crippen LogP contribution in [-0.4, -0.2) is 123 Å². The molecule has 6 rings (SSSR count). The van der Waals surface area contributed by atoms with Crippen molar-refractivity contribution in [2.24, 2.45) is 5.92 Å². The van der Waals surface area contributed by atoms with Gasteiger partial charge in [-0.3, -0.25) is 28.8 Å². The van der Waals surface area contributed by atoms with E-state index >= 15 is 0 Å². The summed E-state index contributed by atoms with van der Waals surface area (Å²) >= 11 is 0. The Morgan fingerprint density at radius 1 is 0.879 bits per heavy atom. The summed E-state index contributed by atoms with van der Waals surface area (Å²) in [4.78, 5) is 103. The van der Waals surface area contributed by atoms with Gasteiger partial charge in [0.15, 0.2) is 0 Å². The van der Waals surface area contributed by atoms with Gasteiger partial charge in [0.2, 0.25) is 35.4 Å². The molecule has 5 heterocycles. The van der Waals surface area contributed by atoms with Crippen molar-refractivity contribution in [3.05, 3.63) is 53.4 Å². The Morgan fingerprint density at radius 3 is 2.28 bits per heavy atom. The van der Waals surface area contributed by atoms with E-state index in [2.05, 4.69) is 21.1 Å². The monoisotopic (exact) mass is 803 g/mol. The van der Waals surface area contributed by atoms with Crippen molar-refractivity contribution in [3.8, 4) is 0 Å². The van der Waals surface area contributed by atoms with Crippen LogP contribution < -0.4 is 16.0 Å².